The maximum atomic E-state index is 3.56. The smallest absolute Gasteiger partial charge is 0.0158 e. The summed E-state index contributed by atoms with van der Waals surface area (Å²) in [7, 11) is 2.12. The van der Waals surface area contributed by atoms with Gasteiger partial charge in [0.2, 0.25) is 0 Å². The summed E-state index contributed by atoms with van der Waals surface area (Å²) in [6.45, 7) is 4.68. The van der Waals surface area contributed by atoms with E-state index in [4.69, 9.17) is 0 Å². The Morgan fingerprint density at radius 2 is 1.88 bits per heavy atom. The number of nitrogens with one attached hydrogen (secondary N) is 1. The Morgan fingerprint density at radius 3 is 2.47 bits per heavy atom. The molecule has 17 heavy (non-hydrogen) atoms. The monoisotopic (exact) mass is 231 g/mol. The molecule has 94 valence electrons. The highest BCUT2D eigenvalue weighted by molar-refractivity contribution is 5.26. The minimum Gasteiger partial charge on any atom is -0.316 e. The van der Waals surface area contributed by atoms with Crippen LogP contribution in [-0.2, 0) is 6.42 Å². The lowest BCUT2D eigenvalue weighted by Crippen LogP contribution is -2.42. The van der Waals surface area contributed by atoms with Crippen molar-refractivity contribution in [3.63, 3.8) is 0 Å². The van der Waals surface area contributed by atoms with E-state index in [1.807, 2.05) is 0 Å². The maximum absolute atomic E-state index is 3.56. The molecule has 2 rings (SSSR count). The summed E-state index contributed by atoms with van der Waals surface area (Å²) < 4.78 is 0. The molecule has 1 atom stereocenters. The van der Waals surface area contributed by atoms with Crippen LogP contribution in [0.15, 0.2) is 24.3 Å². The summed E-state index contributed by atoms with van der Waals surface area (Å²) in [5.41, 5.74) is 3.42. The molecule has 1 aromatic rings. The Balaban J connectivity index is 2.12. The fraction of sp³-hybridized carbons (Fsp3) is 0.625. The van der Waals surface area contributed by atoms with Gasteiger partial charge in [0.1, 0.15) is 0 Å². The van der Waals surface area contributed by atoms with Crippen LogP contribution in [0.4, 0.5) is 0 Å². The first-order chi connectivity index (χ1) is 8.15. The second-order valence-corrected chi connectivity index (χ2v) is 5.83. The van der Waals surface area contributed by atoms with Gasteiger partial charge in [0, 0.05) is 6.04 Å². The van der Waals surface area contributed by atoms with Gasteiger partial charge in [-0.1, -0.05) is 44.0 Å². The first-order valence-corrected chi connectivity index (χ1v) is 6.87. The van der Waals surface area contributed by atoms with E-state index in [9.17, 15) is 0 Å². The second-order valence-electron chi connectivity index (χ2n) is 5.83. The first kappa shape index (κ1) is 12.6. The number of hydrogen-bond acceptors (Lipinski definition) is 1. The Labute approximate surface area is 106 Å². The van der Waals surface area contributed by atoms with Crippen LogP contribution in [-0.4, -0.2) is 13.1 Å². The Kier molecular flexibility index (Phi) is 3.88. The number of rotatable bonds is 4. The van der Waals surface area contributed by atoms with Crippen LogP contribution in [0.1, 0.15) is 43.7 Å². The number of hydrogen-bond donors (Lipinski definition) is 1. The zero-order valence-corrected chi connectivity index (χ0v) is 11.4. The molecule has 0 bridgehead atoms. The van der Waals surface area contributed by atoms with Crippen molar-refractivity contribution in [1.82, 2.24) is 5.32 Å². The molecule has 1 saturated carbocycles. The maximum Gasteiger partial charge on any atom is 0.0158 e. The van der Waals surface area contributed by atoms with Crippen molar-refractivity contribution in [1.29, 1.82) is 0 Å². The summed E-state index contributed by atoms with van der Waals surface area (Å²) in [6, 6.07) is 9.40. The van der Waals surface area contributed by atoms with Gasteiger partial charge in [-0.25, -0.2) is 0 Å². The zero-order valence-electron chi connectivity index (χ0n) is 11.4. The second kappa shape index (κ2) is 5.22. The number of likely N-dealkylation sites (N-methyl/N-ethyl adjacent to an activating group) is 1. The van der Waals surface area contributed by atoms with Crippen LogP contribution in [0.3, 0.4) is 0 Å². The molecule has 0 amide bonds. The van der Waals surface area contributed by atoms with Crippen LogP contribution >= 0.6 is 0 Å². The van der Waals surface area contributed by atoms with Gasteiger partial charge in [-0.15, -0.1) is 0 Å². The standard InChI is InChI=1S/C16H25N/c1-13-8-4-5-9-14(13)12-15(17-3)16(2)10-6-7-11-16/h4-5,8-9,15,17H,6-7,10-12H2,1-3H3. The molecule has 1 unspecified atom stereocenters. The quantitative estimate of drug-likeness (QED) is 0.833. The summed E-state index contributed by atoms with van der Waals surface area (Å²) in [5.74, 6) is 0. The van der Waals surface area contributed by atoms with Crippen LogP contribution in [0.25, 0.3) is 0 Å². The molecule has 0 aliphatic heterocycles. The highest BCUT2D eigenvalue weighted by Crippen LogP contribution is 2.41. The number of benzene rings is 1. The van der Waals surface area contributed by atoms with Crippen LogP contribution < -0.4 is 5.32 Å². The van der Waals surface area contributed by atoms with Crippen molar-refractivity contribution < 1.29 is 0 Å². The third-order valence-electron chi connectivity index (χ3n) is 4.62. The Morgan fingerprint density at radius 1 is 1.24 bits per heavy atom. The lowest BCUT2D eigenvalue weighted by molar-refractivity contribution is 0.229. The van der Waals surface area contributed by atoms with Crippen molar-refractivity contribution in [3.8, 4) is 0 Å². The fourth-order valence-electron chi connectivity index (χ4n) is 3.29. The highest BCUT2D eigenvalue weighted by Gasteiger charge is 2.36. The van der Waals surface area contributed by atoms with E-state index in [2.05, 4.69) is 50.5 Å². The SMILES string of the molecule is CNC(Cc1ccccc1C)C1(C)CCCC1. The van der Waals surface area contributed by atoms with E-state index in [1.54, 1.807) is 0 Å². The van der Waals surface area contributed by atoms with Crippen molar-refractivity contribution in [2.75, 3.05) is 7.05 Å². The van der Waals surface area contributed by atoms with Gasteiger partial charge in [-0.2, -0.15) is 0 Å². The number of aryl methyl sites for hydroxylation is 1. The Bertz CT molecular complexity index is 364. The molecular weight excluding hydrogens is 206 g/mol. The molecule has 0 saturated heterocycles. The zero-order chi connectivity index (χ0) is 12.3. The molecule has 1 heteroatoms. The topological polar surface area (TPSA) is 12.0 Å². The average molecular weight is 231 g/mol. The van der Waals surface area contributed by atoms with Gasteiger partial charge in [0.15, 0.2) is 0 Å². The average Bonchev–Trinajstić information content (AvgIpc) is 2.76. The minimum absolute atomic E-state index is 0.497. The van der Waals surface area contributed by atoms with E-state index < -0.39 is 0 Å². The van der Waals surface area contributed by atoms with Crippen LogP contribution in [0, 0.1) is 12.3 Å². The van der Waals surface area contributed by atoms with E-state index in [0.717, 1.165) is 0 Å². The van der Waals surface area contributed by atoms with E-state index >= 15 is 0 Å². The molecule has 1 aliphatic carbocycles. The minimum atomic E-state index is 0.497. The first-order valence-electron chi connectivity index (χ1n) is 6.87. The summed E-state index contributed by atoms with van der Waals surface area (Å²) in [6.07, 6.45) is 6.74. The molecule has 1 fully saturated rings. The van der Waals surface area contributed by atoms with Gasteiger partial charge in [-0.05, 0) is 49.8 Å². The van der Waals surface area contributed by atoms with E-state index in [-0.39, 0.29) is 0 Å². The molecular formula is C16H25N. The molecule has 1 N–H and O–H groups in total. The van der Waals surface area contributed by atoms with Crippen LogP contribution in [0.5, 0.6) is 0 Å². The molecule has 1 aliphatic rings. The normalized spacial score (nSPS) is 20.4. The molecule has 0 aromatic heterocycles. The third-order valence-corrected chi connectivity index (χ3v) is 4.62. The predicted molar refractivity (Wildman–Crippen MR) is 74.3 cm³/mol. The third kappa shape index (κ3) is 2.71. The fourth-order valence-corrected chi connectivity index (χ4v) is 3.29. The van der Waals surface area contributed by atoms with Crippen molar-refractivity contribution in [2.45, 2.75) is 52.0 Å². The van der Waals surface area contributed by atoms with E-state index in [1.165, 1.54) is 43.2 Å². The molecule has 0 spiro atoms. The van der Waals surface area contributed by atoms with Crippen molar-refractivity contribution >= 4 is 0 Å². The Hall–Kier alpha value is -0.820. The van der Waals surface area contributed by atoms with Gasteiger partial charge in [0.05, 0.1) is 0 Å². The largest absolute Gasteiger partial charge is 0.316 e. The molecule has 0 radical (unpaired) electrons. The van der Waals surface area contributed by atoms with Crippen molar-refractivity contribution in [2.24, 2.45) is 5.41 Å². The van der Waals surface area contributed by atoms with E-state index in [0.29, 0.717) is 11.5 Å². The van der Waals surface area contributed by atoms with Crippen molar-refractivity contribution in [3.05, 3.63) is 35.4 Å². The lowest BCUT2D eigenvalue weighted by Gasteiger charge is -2.34. The molecule has 1 aromatic carbocycles. The summed E-state index contributed by atoms with van der Waals surface area (Å²) in [4.78, 5) is 0. The summed E-state index contributed by atoms with van der Waals surface area (Å²) in [5, 5.41) is 3.56. The lowest BCUT2D eigenvalue weighted by atomic mass is 9.77. The van der Waals surface area contributed by atoms with Gasteiger partial charge in [-0.3, -0.25) is 0 Å². The van der Waals surface area contributed by atoms with Gasteiger partial charge >= 0.3 is 0 Å². The van der Waals surface area contributed by atoms with Gasteiger partial charge < -0.3 is 5.32 Å². The van der Waals surface area contributed by atoms with Gasteiger partial charge in [0.25, 0.3) is 0 Å². The molecule has 0 heterocycles. The van der Waals surface area contributed by atoms with Crippen LogP contribution in [0.2, 0.25) is 0 Å². The summed E-state index contributed by atoms with van der Waals surface area (Å²) >= 11 is 0. The highest BCUT2D eigenvalue weighted by atomic mass is 14.9. The molecule has 1 nitrogen and oxygen atoms in total. The predicted octanol–water partition coefficient (Wildman–Crippen LogP) is 3.71.